The van der Waals surface area contributed by atoms with Crippen molar-refractivity contribution < 1.29 is 13.2 Å². The number of nitrogens with one attached hydrogen (secondary N) is 1. The van der Waals surface area contributed by atoms with Crippen LogP contribution in [-0.2, 0) is 6.42 Å². The van der Waals surface area contributed by atoms with E-state index in [4.69, 9.17) is 0 Å². The zero-order chi connectivity index (χ0) is 12.2. The Kier molecular flexibility index (Phi) is 4.21. The zero-order valence-corrected chi connectivity index (χ0v) is 9.43. The van der Waals surface area contributed by atoms with Gasteiger partial charge in [-0.25, -0.2) is 0 Å². The van der Waals surface area contributed by atoms with Crippen LogP contribution in [0.2, 0.25) is 0 Å². The fourth-order valence-corrected chi connectivity index (χ4v) is 1.52. The molecule has 1 aromatic carbocycles. The summed E-state index contributed by atoms with van der Waals surface area (Å²) in [6.07, 6.45) is -4.00. The molecule has 1 atom stereocenters. The fourth-order valence-electron chi connectivity index (χ4n) is 1.52. The van der Waals surface area contributed by atoms with Crippen LogP contribution < -0.4 is 5.32 Å². The van der Waals surface area contributed by atoms with Crippen molar-refractivity contribution in [3.05, 3.63) is 29.8 Å². The van der Waals surface area contributed by atoms with Crippen LogP contribution in [0.1, 0.15) is 25.8 Å². The minimum Gasteiger partial charge on any atom is -0.382 e. The molecule has 0 aliphatic heterocycles. The van der Waals surface area contributed by atoms with Gasteiger partial charge in [0.05, 0.1) is 6.42 Å². The van der Waals surface area contributed by atoms with Crippen molar-refractivity contribution in [3.8, 4) is 0 Å². The molecule has 1 nitrogen and oxygen atoms in total. The Hall–Kier alpha value is -1.19. The van der Waals surface area contributed by atoms with Crippen LogP contribution >= 0.6 is 0 Å². The van der Waals surface area contributed by atoms with E-state index in [1.807, 2.05) is 31.2 Å². The Morgan fingerprint density at radius 2 is 1.75 bits per heavy atom. The second-order valence-corrected chi connectivity index (χ2v) is 3.92. The van der Waals surface area contributed by atoms with Gasteiger partial charge < -0.3 is 5.32 Å². The summed E-state index contributed by atoms with van der Waals surface area (Å²) in [5, 5.41) is 2.83. The number of rotatable bonds is 4. The van der Waals surface area contributed by atoms with E-state index < -0.39 is 18.6 Å². The topological polar surface area (TPSA) is 12.0 Å². The van der Waals surface area contributed by atoms with Crippen molar-refractivity contribution in [1.82, 2.24) is 0 Å². The number of aryl methyl sites for hydroxylation is 1. The van der Waals surface area contributed by atoms with Gasteiger partial charge in [-0.15, -0.1) is 0 Å². The van der Waals surface area contributed by atoms with Crippen LogP contribution in [0.5, 0.6) is 0 Å². The van der Waals surface area contributed by atoms with Crippen molar-refractivity contribution >= 4 is 5.69 Å². The lowest BCUT2D eigenvalue weighted by Gasteiger charge is -2.17. The Labute approximate surface area is 93.7 Å². The molecule has 0 bridgehead atoms. The third kappa shape index (κ3) is 4.55. The van der Waals surface area contributed by atoms with Crippen LogP contribution in [0, 0.1) is 0 Å². The fraction of sp³-hybridized carbons (Fsp3) is 0.500. The number of halogens is 3. The third-order valence-electron chi connectivity index (χ3n) is 2.31. The van der Waals surface area contributed by atoms with Gasteiger partial charge in [0.15, 0.2) is 0 Å². The third-order valence-corrected chi connectivity index (χ3v) is 2.31. The van der Waals surface area contributed by atoms with Crippen LogP contribution in [0.4, 0.5) is 18.9 Å². The van der Waals surface area contributed by atoms with Gasteiger partial charge in [-0.2, -0.15) is 13.2 Å². The molecule has 0 aliphatic carbocycles. The van der Waals surface area contributed by atoms with Crippen LogP contribution in [0.15, 0.2) is 24.3 Å². The second-order valence-electron chi connectivity index (χ2n) is 3.92. The lowest BCUT2D eigenvalue weighted by Crippen LogP contribution is -2.23. The summed E-state index contributed by atoms with van der Waals surface area (Å²) >= 11 is 0. The van der Waals surface area contributed by atoms with E-state index in [0.29, 0.717) is 0 Å². The molecule has 16 heavy (non-hydrogen) atoms. The first-order valence-corrected chi connectivity index (χ1v) is 5.33. The highest BCUT2D eigenvalue weighted by Crippen LogP contribution is 2.23. The average Bonchev–Trinajstić information content (AvgIpc) is 2.16. The maximum atomic E-state index is 12.1. The van der Waals surface area contributed by atoms with E-state index in [2.05, 4.69) is 5.32 Å². The molecule has 0 saturated heterocycles. The summed E-state index contributed by atoms with van der Waals surface area (Å²) < 4.78 is 36.3. The maximum absolute atomic E-state index is 12.1. The van der Waals surface area contributed by atoms with Crippen LogP contribution in [-0.4, -0.2) is 12.2 Å². The molecule has 90 valence electrons. The number of alkyl halides is 3. The van der Waals surface area contributed by atoms with Gasteiger partial charge in [0.2, 0.25) is 0 Å². The molecule has 4 heteroatoms. The maximum Gasteiger partial charge on any atom is 0.391 e. The summed E-state index contributed by atoms with van der Waals surface area (Å²) in [4.78, 5) is 0. The van der Waals surface area contributed by atoms with Gasteiger partial charge in [-0.3, -0.25) is 0 Å². The Morgan fingerprint density at radius 1 is 1.19 bits per heavy atom. The largest absolute Gasteiger partial charge is 0.391 e. The van der Waals surface area contributed by atoms with E-state index in [-0.39, 0.29) is 0 Å². The molecular formula is C12H16F3N. The second kappa shape index (κ2) is 5.23. The van der Waals surface area contributed by atoms with Crippen LogP contribution in [0.3, 0.4) is 0 Å². The number of hydrogen-bond acceptors (Lipinski definition) is 1. The molecule has 1 aromatic rings. The molecular weight excluding hydrogens is 215 g/mol. The molecule has 1 rings (SSSR count). The first-order valence-electron chi connectivity index (χ1n) is 5.33. The lowest BCUT2D eigenvalue weighted by molar-refractivity contribution is -0.136. The van der Waals surface area contributed by atoms with E-state index in [1.165, 1.54) is 12.5 Å². The normalized spacial score (nSPS) is 13.6. The molecule has 1 unspecified atom stereocenters. The molecule has 0 aromatic heterocycles. The highest BCUT2D eigenvalue weighted by Gasteiger charge is 2.29. The Morgan fingerprint density at radius 3 is 2.19 bits per heavy atom. The molecule has 0 amide bonds. The average molecular weight is 231 g/mol. The summed E-state index contributed by atoms with van der Waals surface area (Å²) in [5.41, 5.74) is 1.91. The van der Waals surface area contributed by atoms with Crippen molar-refractivity contribution in [2.75, 3.05) is 5.32 Å². The SMILES string of the molecule is CCc1ccc(NC(C)CC(F)(F)F)cc1. The molecule has 0 heterocycles. The van der Waals surface area contributed by atoms with E-state index >= 15 is 0 Å². The minimum atomic E-state index is -4.12. The minimum absolute atomic E-state index is 0.604. The number of anilines is 1. The Bertz CT molecular complexity index is 316. The van der Waals surface area contributed by atoms with Crippen molar-refractivity contribution in [2.45, 2.75) is 38.9 Å². The highest BCUT2D eigenvalue weighted by atomic mass is 19.4. The predicted octanol–water partition coefficient (Wildman–Crippen LogP) is 4.00. The standard InChI is InChI=1S/C12H16F3N/c1-3-10-4-6-11(7-5-10)16-9(2)8-12(13,14)15/h4-7,9,16H,3,8H2,1-2H3. The van der Waals surface area contributed by atoms with E-state index in [0.717, 1.165) is 12.1 Å². The molecule has 0 saturated carbocycles. The quantitative estimate of drug-likeness (QED) is 0.825. The molecule has 0 radical (unpaired) electrons. The summed E-state index contributed by atoms with van der Waals surface area (Å²) in [5.74, 6) is 0. The summed E-state index contributed by atoms with van der Waals surface area (Å²) in [6, 6.07) is 6.86. The smallest absolute Gasteiger partial charge is 0.382 e. The predicted molar refractivity (Wildman–Crippen MR) is 59.6 cm³/mol. The molecule has 0 spiro atoms. The zero-order valence-electron chi connectivity index (χ0n) is 9.43. The highest BCUT2D eigenvalue weighted by molar-refractivity contribution is 5.45. The first kappa shape index (κ1) is 12.9. The summed E-state index contributed by atoms with van der Waals surface area (Å²) in [6.45, 7) is 3.57. The van der Waals surface area contributed by atoms with Gasteiger partial charge in [-0.05, 0) is 31.0 Å². The van der Waals surface area contributed by atoms with Gasteiger partial charge >= 0.3 is 6.18 Å². The van der Waals surface area contributed by atoms with Crippen molar-refractivity contribution in [3.63, 3.8) is 0 Å². The van der Waals surface area contributed by atoms with Gasteiger partial charge in [0.1, 0.15) is 0 Å². The molecule has 0 aliphatic rings. The number of benzene rings is 1. The monoisotopic (exact) mass is 231 g/mol. The van der Waals surface area contributed by atoms with Gasteiger partial charge in [-0.1, -0.05) is 19.1 Å². The van der Waals surface area contributed by atoms with Gasteiger partial charge in [0, 0.05) is 11.7 Å². The van der Waals surface area contributed by atoms with Crippen molar-refractivity contribution in [2.24, 2.45) is 0 Å². The molecule has 0 fully saturated rings. The van der Waals surface area contributed by atoms with Crippen LogP contribution in [0.25, 0.3) is 0 Å². The van der Waals surface area contributed by atoms with Gasteiger partial charge in [0.25, 0.3) is 0 Å². The Balaban J connectivity index is 2.53. The molecule has 1 N–H and O–H groups in total. The number of hydrogen-bond donors (Lipinski definition) is 1. The van der Waals surface area contributed by atoms with Crippen molar-refractivity contribution in [1.29, 1.82) is 0 Å². The van der Waals surface area contributed by atoms with E-state index in [9.17, 15) is 13.2 Å². The first-order chi connectivity index (χ1) is 7.40. The lowest BCUT2D eigenvalue weighted by atomic mass is 10.1. The summed E-state index contributed by atoms with van der Waals surface area (Å²) in [7, 11) is 0. The van der Waals surface area contributed by atoms with E-state index in [1.54, 1.807) is 0 Å².